The van der Waals surface area contributed by atoms with Crippen LogP contribution in [0.25, 0.3) is 11.2 Å². The molecule has 3 aromatic heterocycles. The molecule has 0 saturated heterocycles. The molecule has 0 bridgehead atoms. The summed E-state index contributed by atoms with van der Waals surface area (Å²) >= 11 is 1.73. The number of hydrogen-bond acceptors (Lipinski definition) is 5. The second kappa shape index (κ2) is 5.10. The highest BCUT2D eigenvalue weighted by Gasteiger charge is 1.99. The minimum absolute atomic E-state index is 0.679. The Labute approximate surface area is 109 Å². The zero-order valence-corrected chi connectivity index (χ0v) is 10.5. The molecule has 0 fully saturated rings. The van der Waals surface area contributed by atoms with Gasteiger partial charge < -0.3 is 5.32 Å². The minimum atomic E-state index is 0.679. The van der Waals surface area contributed by atoms with Crippen LogP contribution in [-0.4, -0.2) is 21.5 Å². The van der Waals surface area contributed by atoms with Crippen molar-refractivity contribution in [2.24, 2.45) is 0 Å². The van der Waals surface area contributed by atoms with E-state index in [1.54, 1.807) is 23.7 Å². The predicted molar refractivity (Wildman–Crippen MR) is 73.8 cm³/mol. The van der Waals surface area contributed by atoms with Crippen molar-refractivity contribution in [3.63, 3.8) is 0 Å². The lowest BCUT2D eigenvalue weighted by Gasteiger charge is -2.05. The second-order valence-corrected chi connectivity index (χ2v) is 4.68. The molecule has 0 aliphatic carbocycles. The van der Waals surface area contributed by atoms with Crippen molar-refractivity contribution < 1.29 is 0 Å². The van der Waals surface area contributed by atoms with Gasteiger partial charge in [0.2, 0.25) is 0 Å². The highest BCUT2D eigenvalue weighted by Crippen LogP contribution is 2.11. The summed E-state index contributed by atoms with van der Waals surface area (Å²) in [7, 11) is 0. The SMILES string of the molecule is c1cnc2nc(NCCc3ccsc3)ccc2n1. The topological polar surface area (TPSA) is 50.7 Å². The number of aromatic nitrogens is 3. The molecule has 4 nitrogen and oxygen atoms in total. The van der Waals surface area contributed by atoms with Crippen LogP contribution >= 0.6 is 11.3 Å². The number of nitrogens with zero attached hydrogens (tertiary/aromatic N) is 3. The fraction of sp³-hybridized carbons (Fsp3) is 0.154. The summed E-state index contributed by atoms with van der Waals surface area (Å²) in [6.45, 7) is 0.871. The van der Waals surface area contributed by atoms with Crippen LogP contribution < -0.4 is 5.32 Å². The van der Waals surface area contributed by atoms with Gasteiger partial charge in [0.15, 0.2) is 5.65 Å². The number of hydrogen-bond donors (Lipinski definition) is 1. The van der Waals surface area contributed by atoms with E-state index in [1.165, 1.54) is 5.56 Å². The molecule has 3 rings (SSSR count). The maximum Gasteiger partial charge on any atom is 0.180 e. The summed E-state index contributed by atoms with van der Waals surface area (Å²) in [6, 6.07) is 6.01. The zero-order chi connectivity index (χ0) is 12.2. The van der Waals surface area contributed by atoms with Gasteiger partial charge in [-0.1, -0.05) is 0 Å². The average Bonchev–Trinajstić information content (AvgIpc) is 2.92. The van der Waals surface area contributed by atoms with Crippen molar-refractivity contribution in [1.29, 1.82) is 0 Å². The van der Waals surface area contributed by atoms with Gasteiger partial charge in [-0.2, -0.15) is 11.3 Å². The van der Waals surface area contributed by atoms with E-state index >= 15 is 0 Å². The Morgan fingerprint density at radius 3 is 2.94 bits per heavy atom. The van der Waals surface area contributed by atoms with Crippen LogP contribution in [0, 0.1) is 0 Å². The molecule has 0 atom stereocenters. The smallest absolute Gasteiger partial charge is 0.180 e. The number of rotatable bonds is 4. The van der Waals surface area contributed by atoms with E-state index in [-0.39, 0.29) is 0 Å². The molecule has 18 heavy (non-hydrogen) atoms. The lowest BCUT2D eigenvalue weighted by atomic mass is 10.2. The summed E-state index contributed by atoms with van der Waals surface area (Å²) in [5, 5.41) is 7.56. The second-order valence-electron chi connectivity index (χ2n) is 3.90. The summed E-state index contributed by atoms with van der Waals surface area (Å²) in [5.41, 5.74) is 2.85. The van der Waals surface area contributed by atoms with E-state index in [4.69, 9.17) is 0 Å². The maximum atomic E-state index is 4.41. The molecule has 5 heteroatoms. The Balaban J connectivity index is 1.67. The molecule has 0 unspecified atom stereocenters. The van der Waals surface area contributed by atoms with Crippen molar-refractivity contribution in [2.45, 2.75) is 6.42 Å². The highest BCUT2D eigenvalue weighted by molar-refractivity contribution is 7.07. The van der Waals surface area contributed by atoms with Crippen LogP contribution in [0.4, 0.5) is 5.82 Å². The molecule has 0 aliphatic heterocycles. The van der Waals surface area contributed by atoms with Crippen LogP contribution in [-0.2, 0) is 6.42 Å². The third kappa shape index (κ3) is 2.46. The lowest BCUT2D eigenvalue weighted by Crippen LogP contribution is -2.06. The number of thiophene rings is 1. The normalized spacial score (nSPS) is 10.7. The molecule has 3 heterocycles. The van der Waals surface area contributed by atoms with Crippen LogP contribution in [0.5, 0.6) is 0 Å². The van der Waals surface area contributed by atoms with Crippen molar-refractivity contribution in [3.05, 3.63) is 46.9 Å². The number of nitrogens with one attached hydrogen (secondary N) is 1. The Morgan fingerprint density at radius 1 is 1.11 bits per heavy atom. The standard InChI is InChI=1S/C13H12N4S/c1-2-12(15-5-3-10-4-8-18-9-10)17-13-11(1)14-6-7-16-13/h1-2,4,6-9H,3,5H2,(H,15,16,17). The van der Waals surface area contributed by atoms with Gasteiger partial charge in [0.1, 0.15) is 11.3 Å². The molecule has 0 spiro atoms. The van der Waals surface area contributed by atoms with Gasteiger partial charge in [-0.15, -0.1) is 0 Å². The van der Waals surface area contributed by atoms with Gasteiger partial charge in [-0.3, -0.25) is 4.98 Å². The first-order chi connectivity index (χ1) is 8.92. The third-order valence-electron chi connectivity index (χ3n) is 2.63. The Morgan fingerprint density at radius 2 is 2.06 bits per heavy atom. The van der Waals surface area contributed by atoms with Crippen LogP contribution in [0.3, 0.4) is 0 Å². The van der Waals surface area contributed by atoms with Crippen LogP contribution in [0.1, 0.15) is 5.56 Å². The van der Waals surface area contributed by atoms with E-state index < -0.39 is 0 Å². The quantitative estimate of drug-likeness (QED) is 0.779. The van der Waals surface area contributed by atoms with Gasteiger partial charge in [0, 0.05) is 18.9 Å². The van der Waals surface area contributed by atoms with Crippen molar-refractivity contribution in [1.82, 2.24) is 15.0 Å². The maximum absolute atomic E-state index is 4.41. The van der Waals surface area contributed by atoms with Gasteiger partial charge in [0.25, 0.3) is 0 Å². The number of fused-ring (bicyclic) bond motifs is 1. The first kappa shape index (κ1) is 11.1. The number of anilines is 1. The van der Waals surface area contributed by atoms with E-state index in [9.17, 15) is 0 Å². The molecule has 0 aromatic carbocycles. The Hall–Kier alpha value is -2.01. The Kier molecular flexibility index (Phi) is 3.14. The van der Waals surface area contributed by atoms with E-state index in [0.29, 0.717) is 5.65 Å². The van der Waals surface area contributed by atoms with Crippen LogP contribution in [0.2, 0.25) is 0 Å². The molecule has 1 N–H and O–H groups in total. The molecule has 0 aliphatic rings. The molecule has 0 saturated carbocycles. The lowest BCUT2D eigenvalue weighted by molar-refractivity contribution is 1.01. The fourth-order valence-corrected chi connectivity index (χ4v) is 2.43. The first-order valence-electron chi connectivity index (χ1n) is 5.74. The number of pyridine rings is 1. The highest BCUT2D eigenvalue weighted by atomic mass is 32.1. The molecule has 3 aromatic rings. The van der Waals surface area contributed by atoms with Crippen molar-refractivity contribution in [2.75, 3.05) is 11.9 Å². The van der Waals surface area contributed by atoms with Gasteiger partial charge in [-0.05, 0) is 40.9 Å². The summed E-state index contributed by atoms with van der Waals surface area (Å²) < 4.78 is 0. The summed E-state index contributed by atoms with van der Waals surface area (Å²) in [4.78, 5) is 12.8. The average molecular weight is 256 g/mol. The minimum Gasteiger partial charge on any atom is -0.370 e. The monoisotopic (exact) mass is 256 g/mol. The Bertz CT molecular complexity index is 636. The van der Waals surface area contributed by atoms with E-state index in [2.05, 4.69) is 37.1 Å². The summed E-state index contributed by atoms with van der Waals surface area (Å²) in [6.07, 6.45) is 4.34. The van der Waals surface area contributed by atoms with Gasteiger partial charge in [0.05, 0.1) is 0 Å². The molecular weight excluding hydrogens is 244 g/mol. The van der Waals surface area contributed by atoms with Crippen molar-refractivity contribution >= 4 is 28.3 Å². The van der Waals surface area contributed by atoms with E-state index in [0.717, 1.165) is 24.3 Å². The third-order valence-corrected chi connectivity index (χ3v) is 3.36. The largest absolute Gasteiger partial charge is 0.370 e. The molecule has 0 radical (unpaired) electrons. The van der Waals surface area contributed by atoms with E-state index in [1.807, 2.05) is 12.1 Å². The first-order valence-corrected chi connectivity index (χ1v) is 6.69. The molecule has 90 valence electrons. The zero-order valence-electron chi connectivity index (χ0n) is 9.71. The van der Waals surface area contributed by atoms with Crippen molar-refractivity contribution in [3.8, 4) is 0 Å². The molecular formula is C13H12N4S. The molecule has 0 amide bonds. The fourth-order valence-electron chi connectivity index (χ4n) is 1.72. The summed E-state index contributed by atoms with van der Waals surface area (Å²) in [5.74, 6) is 0.846. The van der Waals surface area contributed by atoms with Crippen LogP contribution in [0.15, 0.2) is 41.4 Å². The van der Waals surface area contributed by atoms with Gasteiger partial charge >= 0.3 is 0 Å². The van der Waals surface area contributed by atoms with Gasteiger partial charge in [-0.25, -0.2) is 9.97 Å². The predicted octanol–water partition coefficient (Wildman–Crippen LogP) is 2.74.